The standard InChI is InChI=1S/C7H9F3O2/c1-3-4-5(2)6(11)12-7(8,9)10/h2-4H2,1H3. The summed E-state index contributed by atoms with van der Waals surface area (Å²) in [6.07, 6.45) is -4.13. The van der Waals surface area contributed by atoms with E-state index in [1.165, 1.54) is 0 Å². The van der Waals surface area contributed by atoms with Crippen LogP contribution in [0.25, 0.3) is 0 Å². The Labute approximate surface area is 68.0 Å². The number of hydrogen-bond acceptors (Lipinski definition) is 2. The Morgan fingerprint density at radius 1 is 1.50 bits per heavy atom. The van der Waals surface area contributed by atoms with Gasteiger partial charge in [0.15, 0.2) is 0 Å². The summed E-state index contributed by atoms with van der Waals surface area (Å²) < 4.78 is 37.4. The van der Waals surface area contributed by atoms with Crippen molar-refractivity contribution in [2.75, 3.05) is 0 Å². The van der Waals surface area contributed by atoms with Crippen molar-refractivity contribution in [3.8, 4) is 0 Å². The number of ether oxygens (including phenoxy) is 1. The van der Waals surface area contributed by atoms with E-state index in [4.69, 9.17) is 0 Å². The Kier molecular flexibility index (Phi) is 3.79. The van der Waals surface area contributed by atoms with E-state index in [0.717, 1.165) is 0 Å². The summed E-state index contributed by atoms with van der Waals surface area (Å²) in [4.78, 5) is 10.5. The molecule has 0 atom stereocenters. The summed E-state index contributed by atoms with van der Waals surface area (Å²) >= 11 is 0. The summed E-state index contributed by atoms with van der Waals surface area (Å²) in [6.45, 7) is 4.88. The lowest BCUT2D eigenvalue weighted by Gasteiger charge is -2.07. The zero-order chi connectivity index (χ0) is 9.78. The van der Waals surface area contributed by atoms with E-state index in [1.54, 1.807) is 6.92 Å². The molecule has 0 saturated heterocycles. The maximum Gasteiger partial charge on any atom is 0.575 e. The van der Waals surface area contributed by atoms with Gasteiger partial charge in [-0.3, -0.25) is 0 Å². The van der Waals surface area contributed by atoms with Crippen molar-refractivity contribution in [1.29, 1.82) is 0 Å². The average Bonchev–Trinajstić information content (AvgIpc) is 1.84. The molecule has 0 bridgehead atoms. The highest BCUT2D eigenvalue weighted by molar-refractivity contribution is 5.87. The van der Waals surface area contributed by atoms with E-state index in [0.29, 0.717) is 6.42 Å². The van der Waals surface area contributed by atoms with Crippen LogP contribution < -0.4 is 0 Å². The highest BCUT2D eigenvalue weighted by atomic mass is 19.4. The van der Waals surface area contributed by atoms with Gasteiger partial charge in [-0.15, -0.1) is 13.2 Å². The first-order valence-electron chi connectivity index (χ1n) is 3.34. The van der Waals surface area contributed by atoms with Crippen LogP contribution in [0.1, 0.15) is 19.8 Å². The molecule has 0 saturated carbocycles. The summed E-state index contributed by atoms with van der Waals surface area (Å²) in [6, 6.07) is 0. The lowest BCUT2D eigenvalue weighted by Crippen LogP contribution is -2.20. The van der Waals surface area contributed by atoms with Crippen molar-refractivity contribution in [2.45, 2.75) is 26.1 Å². The highest BCUT2D eigenvalue weighted by Gasteiger charge is 2.34. The van der Waals surface area contributed by atoms with Crippen molar-refractivity contribution < 1.29 is 22.7 Å². The number of carbonyl (C=O) groups excluding carboxylic acids is 1. The van der Waals surface area contributed by atoms with Crippen molar-refractivity contribution in [3.63, 3.8) is 0 Å². The fourth-order valence-corrected chi connectivity index (χ4v) is 0.581. The molecule has 0 rings (SSSR count). The van der Waals surface area contributed by atoms with Gasteiger partial charge in [-0.05, 0) is 6.42 Å². The van der Waals surface area contributed by atoms with Crippen LogP contribution in [0.15, 0.2) is 12.2 Å². The number of hydrogen-bond donors (Lipinski definition) is 0. The molecule has 0 radical (unpaired) electrons. The molecule has 0 amide bonds. The molecule has 0 heterocycles. The molecule has 0 spiro atoms. The van der Waals surface area contributed by atoms with Gasteiger partial charge in [0.2, 0.25) is 0 Å². The molecule has 0 aromatic heterocycles. The fourth-order valence-electron chi connectivity index (χ4n) is 0.581. The van der Waals surface area contributed by atoms with Gasteiger partial charge in [0, 0.05) is 5.57 Å². The minimum atomic E-state index is -4.91. The normalized spacial score (nSPS) is 11.0. The van der Waals surface area contributed by atoms with Gasteiger partial charge < -0.3 is 4.74 Å². The molecule has 2 nitrogen and oxygen atoms in total. The summed E-state index contributed by atoms with van der Waals surface area (Å²) in [5.41, 5.74) is -0.158. The predicted molar refractivity (Wildman–Crippen MR) is 36.2 cm³/mol. The molecule has 0 aliphatic carbocycles. The highest BCUT2D eigenvalue weighted by Crippen LogP contribution is 2.18. The summed E-state index contributed by atoms with van der Waals surface area (Å²) in [5.74, 6) is -1.40. The van der Waals surface area contributed by atoms with Gasteiger partial charge in [-0.25, -0.2) is 4.79 Å². The van der Waals surface area contributed by atoms with E-state index in [-0.39, 0.29) is 12.0 Å². The first kappa shape index (κ1) is 11.0. The molecular formula is C7H9F3O2. The number of carbonyl (C=O) groups is 1. The summed E-state index contributed by atoms with van der Waals surface area (Å²) in [7, 11) is 0. The average molecular weight is 182 g/mol. The Hall–Kier alpha value is -1.00. The fraction of sp³-hybridized carbons (Fsp3) is 0.571. The largest absolute Gasteiger partial charge is 0.575 e. The van der Waals surface area contributed by atoms with Crippen molar-refractivity contribution in [2.24, 2.45) is 0 Å². The molecule has 12 heavy (non-hydrogen) atoms. The van der Waals surface area contributed by atoms with Crippen LogP contribution in [-0.2, 0) is 9.53 Å². The SMILES string of the molecule is C=C(CCC)C(=O)OC(F)(F)F. The van der Waals surface area contributed by atoms with Gasteiger partial charge in [0.25, 0.3) is 0 Å². The Balaban J connectivity index is 3.97. The molecule has 0 fully saturated rings. The van der Waals surface area contributed by atoms with Crippen LogP contribution in [0, 0.1) is 0 Å². The van der Waals surface area contributed by atoms with E-state index in [9.17, 15) is 18.0 Å². The van der Waals surface area contributed by atoms with E-state index >= 15 is 0 Å². The van der Waals surface area contributed by atoms with E-state index in [2.05, 4.69) is 11.3 Å². The number of alkyl halides is 3. The van der Waals surface area contributed by atoms with Crippen LogP contribution in [0.5, 0.6) is 0 Å². The molecule has 0 aliphatic rings. The molecule has 0 unspecified atom stereocenters. The van der Waals surface area contributed by atoms with Crippen LogP contribution in [0.4, 0.5) is 13.2 Å². The van der Waals surface area contributed by atoms with Crippen molar-refractivity contribution in [1.82, 2.24) is 0 Å². The van der Waals surface area contributed by atoms with Gasteiger partial charge in [-0.2, -0.15) is 0 Å². The maximum atomic E-state index is 11.4. The van der Waals surface area contributed by atoms with Crippen molar-refractivity contribution >= 4 is 5.97 Å². The quantitative estimate of drug-likeness (QED) is 0.494. The topological polar surface area (TPSA) is 26.3 Å². The second-order valence-corrected chi connectivity index (χ2v) is 2.19. The molecule has 5 heteroatoms. The third kappa shape index (κ3) is 4.76. The second kappa shape index (κ2) is 4.13. The third-order valence-electron chi connectivity index (χ3n) is 1.05. The molecule has 70 valence electrons. The Bertz CT molecular complexity index is 184. The number of esters is 1. The van der Waals surface area contributed by atoms with Gasteiger partial charge in [0.05, 0.1) is 0 Å². The van der Waals surface area contributed by atoms with Crippen LogP contribution in [0.3, 0.4) is 0 Å². The second-order valence-electron chi connectivity index (χ2n) is 2.19. The van der Waals surface area contributed by atoms with Gasteiger partial charge in [0.1, 0.15) is 0 Å². The van der Waals surface area contributed by atoms with Gasteiger partial charge >= 0.3 is 12.3 Å². The number of rotatable bonds is 3. The first-order chi connectivity index (χ1) is 5.37. The summed E-state index contributed by atoms with van der Waals surface area (Å²) in [5, 5.41) is 0. The van der Waals surface area contributed by atoms with Crippen molar-refractivity contribution in [3.05, 3.63) is 12.2 Å². The monoisotopic (exact) mass is 182 g/mol. The lowest BCUT2D eigenvalue weighted by atomic mass is 10.2. The van der Waals surface area contributed by atoms with Crippen LogP contribution in [-0.4, -0.2) is 12.3 Å². The van der Waals surface area contributed by atoms with Crippen LogP contribution in [0.2, 0.25) is 0 Å². The minimum absolute atomic E-state index is 0.158. The smallest absolute Gasteiger partial charge is 0.369 e. The molecule has 0 aromatic carbocycles. The first-order valence-corrected chi connectivity index (χ1v) is 3.34. The van der Waals surface area contributed by atoms with E-state index in [1.807, 2.05) is 0 Å². The third-order valence-corrected chi connectivity index (χ3v) is 1.05. The zero-order valence-corrected chi connectivity index (χ0v) is 6.57. The van der Waals surface area contributed by atoms with E-state index < -0.39 is 12.3 Å². The number of halogens is 3. The maximum absolute atomic E-state index is 11.4. The zero-order valence-electron chi connectivity index (χ0n) is 6.57. The minimum Gasteiger partial charge on any atom is -0.369 e. The van der Waals surface area contributed by atoms with Gasteiger partial charge in [-0.1, -0.05) is 19.9 Å². The molecule has 0 aliphatic heterocycles. The molecule has 0 N–H and O–H groups in total. The molecule has 0 aromatic rings. The Morgan fingerprint density at radius 2 is 2.00 bits per heavy atom. The predicted octanol–water partition coefficient (Wildman–Crippen LogP) is 2.41. The lowest BCUT2D eigenvalue weighted by molar-refractivity contribution is -0.303. The Morgan fingerprint density at radius 3 is 2.33 bits per heavy atom. The molecular weight excluding hydrogens is 173 g/mol. The van der Waals surface area contributed by atoms with Crippen LogP contribution >= 0.6 is 0 Å².